The molecule has 0 saturated carbocycles. The molecule has 0 bridgehead atoms. The first-order valence-corrected chi connectivity index (χ1v) is 8.40. The summed E-state index contributed by atoms with van der Waals surface area (Å²) < 4.78 is 6.91. The third-order valence-corrected chi connectivity index (χ3v) is 5.45. The van der Waals surface area contributed by atoms with Crippen LogP contribution in [0.2, 0.25) is 0 Å². The fourth-order valence-electron chi connectivity index (χ4n) is 2.52. The molecule has 1 aliphatic heterocycles. The Balaban J connectivity index is 2.15. The average molecular weight is 332 g/mol. The van der Waals surface area contributed by atoms with Crippen LogP contribution in [0.25, 0.3) is 0 Å². The van der Waals surface area contributed by atoms with E-state index in [1.807, 2.05) is 11.3 Å². The average Bonchev–Trinajstić information content (AvgIpc) is 2.70. The van der Waals surface area contributed by atoms with E-state index in [4.69, 9.17) is 4.74 Å². The van der Waals surface area contributed by atoms with E-state index in [1.165, 1.54) is 33.5 Å². The van der Waals surface area contributed by atoms with Crippen LogP contribution in [0.3, 0.4) is 0 Å². The van der Waals surface area contributed by atoms with Crippen LogP contribution in [0.4, 0.5) is 0 Å². The monoisotopic (exact) mass is 331 g/mol. The van der Waals surface area contributed by atoms with Gasteiger partial charge in [-0.15, -0.1) is 11.3 Å². The molecule has 0 amide bonds. The molecule has 2 rings (SSSR count). The molecule has 0 radical (unpaired) electrons. The highest BCUT2D eigenvalue weighted by atomic mass is 79.9. The topological polar surface area (TPSA) is 21.3 Å². The summed E-state index contributed by atoms with van der Waals surface area (Å²) in [5.74, 6) is 0.611. The van der Waals surface area contributed by atoms with Gasteiger partial charge in [-0.25, -0.2) is 0 Å². The largest absolute Gasteiger partial charge is 0.381 e. The van der Waals surface area contributed by atoms with Crippen molar-refractivity contribution < 1.29 is 4.74 Å². The first-order valence-electron chi connectivity index (χ1n) is 6.79. The molecule has 2 nitrogen and oxygen atoms in total. The summed E-state index contributed by atoms with van der Waals surface area (Å²) in [6, 6.07) is 2.67. The van der Waals surface area contributed by atoms with Crippen LogP contribution < -0.4 is 5.32 Å². The van der Waals surface area contributed by atoms with Crippen LogP contribution >= 0.6 is 27.3 Å². The van der Waals surface area contributed by atoms with Crippen molar-refractivity contribution in [3.63, 3.8) is 0 Å². The summed E-state index contributed by atoms with van der Waals surface area (Å²) in [5, 5.41) is 3.71. The maximum absolute atomic E-state index is 5.66. The van der Waals surface area contributed by atoms with Crippen LogP contribution in [-0.4, -0.2) is 19.8 Å². The third kappa shape index (κ3) is 3.56. The molecule has 102 valence electrons. The summed E-state index contributed by atoms with van der Waals surface area (Å²) in [4.78, 5) is 2.81. The third-order valence-electron chi connectivity index (χ3n) is 3.40. The van der Waals surface area contributed by atoms with Crippen molar-refractivity contribution in [2.75, 3.05) is 19.8 Å². The lowest BCUT2D eigenvalue weighted by Gasteiger charge is -2.30. The maximum atomic E-state index is 5.66. The molecular formula is C14H22BrNOS. The first-order chi connectivity index (χ1) is 8.72. The zero-order valence-corrected chi connectivity index (χ0v) is 13.6. The van der Waals surface area contributed by atoms with Crippen molar-refractivity contribution >= 4 is 27.3 Å². The van der Waals surface area contributed by atoms with E-state index in [2.05, 4.69) is 41.2 Å². The number of hydrogen-bond acceptors (Lipinski definition) is 3. The Morgan fingerprint density at radius 2 is 2.44 bits per heavy atom. The molecule has 2 unspecified atom stereocenters. The Hall–Kier alpha value is 0.1000. The zero-order chi connectivity index (χ0) is 13.0. The van der Waals surface area contributed by atoms with Gasteiger partial charge in [-0.1, -0.05) is 6.92 Å². The van der Waals surface area contributed by atoms with Crippen LogP contribution in [0.5, 0.6) is 0 Å². The van der Waals surface area contributed by atoms with Crippen molar-refractivity contribution in [3.05, 3.63) is 20.3 Å². The Bertz CT molecular complexity index is 374. The first kappa shape index (κ1) is 14.5. The second kappa shape index (κ2) is 7.04. The van der Waals surface area contributed by atoms with Gasteiger partial charge in [0.25, 0.3) is 0 Å². The molecule has 1 fully saturated rings. The van der Waals surface area contributed by atoms with Gasteiger partial charge in [0.05, 0.1) is 6.61 Å². The number of ether oxygens (including phenoxy) is 1. The summed E-state index contributed by atoms with van der Waals surface area (Å²) in [5.41, 5.74) is 0. The van der Waals surface area contributed by atoms with E-state index >= 15 is 0 Å². The lowest BCUT2D eigenvalue weighted by atomic mass is 9.92. The van der Waals surface area contributed by atoms with E-state index in [1.54, 1.807) is 0 Å². The van der Waals surface area contributed by atoms with Crippen molar-refractivity contribution in [1.82, 2.24) is 5.32 Å². The van der Waals surface area contributed by atoms with Gasteiger partial charge in [-0.2, -0.15) is 0 Å². The SMILES string of the molecule is CCCNC(c1sc(C)cc1Br)C1CCCOC1. The number of halogens is 1. The highest BCUT2D eigenvalue weighted by Crippen LogP contribution is 2.38. The normalized spacial score (nSPS) is 22.1. The molecule has 1 aliphatic rings. The Kier molecular flexibility index (Phi) is 5.67. The van der Waals surface area contributed by atoms with Gasteiger partial charge >= 0.3 is 0 Å². The van der Waals surface area contributed by atoms with Gasteiger partial charge in [0.15, 0.2) is 0 Å². The summed E-state index contributed by atoms with van der Waals surface area (Å²) >= 11 is 5.61. The van der Waals surface area contributed by atoms with Gasteiger partial charge in [-0.05, 0) is 54.7 Å². The molecule has 1 aromatic rings. The molecule has 4 heteroatoms. The standard InChI is InChI=1S/C14H22BrNOS/c1-3-6-16-13(11-5-4-7-17-9-11)14-12(15)8-10(2)18-14/h8,11,13,16H,3-7,9H2,1-2H3. The van der Waals surface area contributed by atoms with Crippen molar-refractivity contribution in [2.45, 2.75) is 39.2 Å². The zero-order valence-electron chi connectivity index (χ0n) is 11.2. The maximum Gasteiger partial charge on any atom is 0.0512 e. The molecule has 18 heavy (non-hydrogen) atoms. The number of aryl methyl sites for hydroxylation is 1. The number of thiophene rings is 1. The van der Waals surface area contributed by atoms with Gasteiger partial charge in [0.2, 0.25) is 0 Å². The van der Waals surface area contributed by atoms with Crippen molar-refractivity contribution in [2.24, 2.45) is 5.92 Å². The van der Waals surface area contributed by atoms with E-state index in [0.717, 1.165) is 19.8 Å². The predicted molar refractivity (Wildman–Crippen MR) is 81.3 cm³/mol. The minimum absolute atomic E-state index is 0.443. The number of rotatable bonds is 5. The van der Waals surface area contributed by atoms with Gasteiger partial charge in [0.1, 0.15) is 0 Å². The molecule has 2 heterocycles. The summed E-state index contributed by atoms with van der Waals surface area (Å²) in [6.07, 6.45) is 3.63. The van der Waals surface area contributed by atoms with Gasteiger partial charge in [-0.3, -0.25) is 0 Å². The fourth-order valence-corrected chi connectivity index (χ4v) is 4.58. The molecule has 1 saturated heterocycles. The second-order valence-corrected chi connectivity index (χ2v) is 7.12. The lowest BCUT2D eigenvalue weighted by molar-refractivity contribution is 0.0395. The van der Waals surface area contributed by atoms with Crippen LogP contribution in [0, 0.1) is 12.8 Å². The lowest BCUT2D eigenvalue weighted by Crippen LogP contribution is -2.33. The minimum Gasteiger partial charge on any atom is -0.381 e. The van der Waals surface area contributed by atoms with Gasteiger partial charge < -0.3 is 10.1 Å². The Morgan fingerprint density at radius 3 is 3.00 bits per heavy atom. The minimum atomic E-state index is 0.443. The molecule has 0 aromatic carbocycles. The fraction of sp³-hybridized carbons (Fsp3) is 0.714. The molecule has 1 N–H and O–H groups in total. The van der Waals surface area contributed by atoms with Crippen molar-refractivity contribution in [1.29, 1.82) is 0 Å². The Labute approximate surface area is 122 Å². The second-order valence-electron chi connectivity index (χ2n) is 4.98. The smallest absolute Gasteiger partial charge is 0.0512 e. The molecule has 0 aliphatic carbocycles. The van der Waals surface area contributed by atoms with E-state index in [-0.39, 0.29) is 0 Å². The van der Waals surface area contributed by atoms with E-state index in [0.29, 0.717) is 12.0 Å². The van der Waals surface area contributed by atoms with E-state index in [9.17, 15) is 0 Å². The van der Waals surface area contributed by atoms with Crippen LogP contribution in [0.15, 0.2) is 10.5 Å². The van der Waals surface area contributed by atoms with E-state index < -0.39 is 0 Å². The molecular weight excluding hydrogens is 310 g/mol. The van der Waals surface area contributed by atoms with Crippen LogP contribution in [-0.2, 0) is 4.74 Å². The summed E-state index contributed by atoms with van der Waals surface area (Å²) in [7, 11) is 0. The molecule has 0 spiro atoms. The van der Waals surface area contributed by atoms with Crippen LogP contribution in [0.1, 0.15) is 42.0 Å². The Morgan fingerprint density at radius 1 is 1.61 bits per heavy atom. The highest BCUT2D eigenvalue weighted by Gasteiger charge is 2.27. The molecule has 2 atom stereocenters. The molecule has 1 aromatic heterocycles. The predicted octanol–water partition coefficient (Wildman–Crippen LogP) is 4.29. The quantitative estimate of drug-likeness (QED) is 0.869. The van der Waals surface area contributed by atoms with Crippen molar-refractivity contribution in [3.8, 4) is 0 Å². The summed E-state index contributed by atoms with van der Waals surface area (Å²) in [6.45, 7) is 7.29. The number of nitrogens with one attached hydrogen (secondary N) is 1. The highest BCUT2D eigenvalue weighted by molar-refractivity contribution is 9.10. The van der Waals surface area contributed by atoms with Gasteiger partial charge in [0, 0.05) is 32.8 Å². The number of hydrogen-bond donors (Lipinski definition) is 1.